The first-order chi connectivity index (χ1) is 8.58. The van der Waals surface area contributed by atoms with Gasteiger partial charge in [-0.3, -0.25) is 4.79 Å². The van der Waals surface area contributed by atoms with E-state index in [2.05, 4.69) is 35.6 Å². The van der Waals surface area contributed by atoms with Crippen molar-refractivity contribution in [2.45, 2.75) is 52.5 Å². The molecule has 0 aromatic carbocycles. The van der Waals surface area contributed by atoms with Gasteiger partial charge in [-0.1, -0.05) is 13.8 Å². The van der Waals surface area contributed by atoms with Crippen molar-refractivity contribution in [3.63, 3.8) is 0 Å². The van der Waals surface area contributed by atoms with Gasteiger partial charge in [0.2, 0.25) is 5.91 Å². The minimum absolute atomic E-state index is 0.149. The van der Waals surface area contributed by atoms with Crippen molar-refractivity contribution < 1.29 is 4.79 Å². The van der Waals surface area contributed by atoms with Crippen LogP contribution in [0.2, 0.25) is 0 Å². The van der Waals surface area contributed by atoms with Crippen LogP contribution in [-0.2, 0) is 11.3 Å². The summed E-state index contributed by atoms with van der Waals surface area (Å²) in [6, 6.07) is 0. The first-order valence-electron chi connectivity index (χ1n) is 6.86. The van der Waals surface area contributed by atoms with Crippen LogP contribution in [0.1, 0.15) is 50.5 Å². The Balaban J connectivity index is 1.83. The average molecular weight is 249 g/mol. The van der Waals surface area contributed by atoms with Gasteiger partial charge >= 0.3 is 0 Å². The van der Waals surface area contributed by atoms with Gasteiger partial charge in [-0.25, -0.2) is 4.98 Å². The van der Waals surface area contributed by atoms with Crippen molar-refractivity contribution in [1.29, 1.82) is 0 Å². The number of imidazole rings is 1. The van der Waals surface area contributed by atoms with Crippen molar-refractivity contribution in [2.75, 3.05) is 6.54 Å². The summed E-state index contributed by atoms with van der Waals surface area (Å²) in [7, 11) is 0. The second-order valence-corrected chi connectivity index (χ2v) is 5.63. The molecule has 1 heterocycles. The van der Waals surface area contributed by atoms with Gasteiger partial charge in [0.1, 0.15) is 5.82 Å². The fraction of sp³-hybridized carbons (Fsp3) is 0.714. The van der Waals surface area contributed by atoms with Crippen molar-refractivity contribution in [2.24, 2.45) is 5.92 Å². The van der Waals surface area contributed by atoms with Gasteiger partial charge in [-0.15, -0.1) is 0 Å². The maximum atomic E-state index is 11.6. The molecule has 0 saturated heterocycles. The number of hydrogen-bond acceptors (Lipinski definition) is 2. The van der Waals surface area contributed by atoms with Crippen molar-refractivity contribution in [1.82, 2.24) is 14.9 Å². The smallest absolute Gasteiger partial charge is 0.220 e. The Morgan fingerprint density at radius 2 is 2.28 bits per heavy atom. The molecule has 0 bridgehead atoms. The van der Waals surface area contributed by atoms with Crippen molar-refractivity contribution in [3.05, 3.63) is 17.7 Å². The van der Waals surface area contributed by atoms with Gasteiger partial charge in [-0.2, -0.15) is 0 Å². The highest BCUT2D eigenvalue weighted by atomic mass is 16.1. The molecule has 4 nitrogen and oxygen atoms in total. The molecule has 0 aliphatic heterocycles. The average Bonchev–Trinajstić information content (AvgIpc) is 3.05. The van der Waals surface area contributed by atoms with Crippen LogP contribution in [0.5, 0.6) is 0 Å². The highest BCUT2D eigenvalue weighted by molar-refractivity contribution is 5.75. The summed E-state index contributed by atoms with van der Waals surface area (Å²) in [4.78, 5) is 16.0. The number of carbonyl (C=O) groups excluding carboxylic acids is 1. The lowest BCUT2D eigenvalue weighted by atomic mass is 10.1. The van der Waals surface area contributed by atoms with Gasteiger partial charge in [0.25, 0.3) is 0 Å². The molecule has 1 aliphatic carbocycles. The lowest BCUT2D eigenvalue weighted by Crippen LogP contribution is -2.28. The largest absolute Gasteiger partial charge is 0.354 e. The molecular weight excluding hydrogens is 226 g/mol. The van der Waals surface area contributed by atoms with E-state index in [9.17, 15) is 4.79 Å². The third-order valence-electron chi connectivity index (χ3n) is 3.28. The molecule has 0 unspecified atom stereocenters. The number of hydrogen-bond donors (Lipinski definition) is 1. The van der Waals surface area contributed by atoms with E-state index in [-0.39, 0.29) is 5.91 Å². The molecule has 1 aromatic heterocycles. The molecule has 1 N–H and O–H groups in total. The second-order valence-electron chi connectivity index (χ2n) is 5.63. The number of nitrogens with one attached hydrogen (secondary N) is 1. The van der Waals surface area contributed by atoms with E-state index >= 15 is 0 Å². The van der Waals surface area contributed by atoms with Crippen LogP contribution >= 0.6 is 0 Å². The summed E-state index contributed by atoms with van der Waals surface area (Å²) in [5.74, 6) is 2.42. The van der Waals surface area contributed by atoms with E-state index in [1.54, 1.807) is 0 Å². The van der Waals surface area contributed by atoms with E-state index in [0.717, 1.165) is 6.54 Å². The van der Waals surface area contributed by atoms with Gasteiger partial charge in [-0.05, 0) is 25.7 Å². The Morgan fingerprint density at radius 3 is 2.89 bits per heavy atom. The molecule has 0 spiro atoms. The molecule has 18 heavy (non-hydrogen) atoms. The van der Waals surface area contributed by atoms with E-state index in [1.807, 2.05) is 6.20 Å². The first kappa shape index (κ1) is 13.1. The molecule has 100 valence electrons. The molecule has 2 rings (SSSR count). The highest BCUT2D eigenvalue weighted by Gasteiger charge is 2.28. The number of carbonyl (C=O) groups is 1. The number of rotatable bonds is 6. The second kappa shape index (κ2) is 5.55. The molecule has 0 atom stereocenters. The number of aryl methyl sites for hydroxylation is 1. The van der Waals surface area contributed by atoms with Crippen LogP contribution in [-0.4, -0.2) is 22.0 Å². The van der Waals surface area contributed by atoms with Crippen LogP contribution in [0.3, 0.4) is 0 Å². The quantitative estimate of drug-likeness (QED) is 0.840. The zero-order chi connectivity index (χ0) is 13.1. The lowest BCUT2D eigenvalue weighted by molar-refractivity contribution is -0.121. The molecule has 1 amide bonds. The minimum atomic E-state index is 0.149. The van der Waals surface area contributed by atoms with E-state index in [1.165, 1.54) is 24.4 Å². The minimum Gasteiger partial charge on any atom is -0.354 e. The highest BCUT2D eigenvalue weighted by Crippen LogP contribution is 2.39. The summed E-state index contributed by atoms with van der Waals surface area (Å²) in [6.07, 6.45) is 5.06. The maximum Gasteiger partial charge on any atom is 0.220 e. The van der Waals surface area contributed by atoms with Crippen LogP contribution < -0.4 is 5.32 Å². The fourth-order valence-corrected chi connectivity index (χ4v) is 2.19. The molecule has 1 fully saturated rings. The third-order valence-corrected chi connectivity index (χ3v) is 3.28. The SMILES string of the molecule is Cc1cnc(C2CC2)n1CCNC(=O)CC(C)C. The molecule has 4 heteroatoms. The third kappa shape index (κ3) is 3.34. The normalized spacial score (nSPS) is 15.1. The van der Waals surface area contributed by atoms with Gasteiger partial charge in [0, 0.05) is 37.3 Å². The van der Waals surface area contributed by atoms with Gasteiger partial charge in [0.05, 0.1) is 0 Å². The van der Waals surface area contributed by atoms with Crippen LogP contribution in [0.4, 0.5) is 0 Å². The van der Waals surface area contributed by atoms with Crippen molar-refractivity contribution >= 4 is 5.91 Å². The molecular formula is C14H23N3O. The van der Waals surface area contributed by atoms with Gasteiger partial charge < -0.3 is 9.88 Å². The summed E-state index contributed by atoms with van der Waals surface area (Å²) >= 11 is 0. The Hall–Kier alpha value is -1.32. The maximum absolute atomic E-state index is 11.6. The summed E-state index contributed by atoms with van der Waals surface area (Å²) in [5.41, 5.74) is 1.19. The van der Waals surface area contributed by atoms with Crippen LogP contribution in [0.25, 0.3) is 0 Å². The van der Waals surface area contributed by atoms with Crippen LogP contribution in [0.15, 0.2) is 6.20 Å². The number of nitrogens with zero attached hydrogens (tertiary/aromatic N) is 2. The molecule has 1 saturated carbocycles. The Bertz CT molecular complexity index is 419. The lowest BCUT2D eigenvalue weighted by Gasteiger charge is -2.11. The van der Waals surface area contributed by atoms with E-state index in [4.69, 9.17) is 0 Å². The molecule has 1 aromatic rings. The monoisotopic (exact) mass is 249 g/mol. The number of aromatic nitrogens is 2. The number of amides is 1. The summed E-state index contributed by atoms with van der Waals surface area (Å²) < 4.78 is 2.24. The van der Waals surface area contributed by atoms with Crippen molar-refractivity contribution in [3.8, 4) is 0 Å². The van der Waals surface area contributed by atoms with E-state index in [0.29, 0.717) is 24.8 Å². The zero-order valence-corrected chi connectivity index (χ0v) is 11.6. The Morgan fingerprint density at radius 1 is 1.56 bits per heavy atom. The summed E-state index contributed by atoms with van der Waals surface area (Å²) in [5, 5.41) is 2.98. The van der Waals surface area contributed by atoms with E-state index < -0.39 is 0 Å². The predicted octanol–water partition coefficient (Wildman–Crippen LogP) is 2.23. The Kier molecular flexibility index (Phi) is 4.04. The van der Waals surface area contributed by atoms with Crippen LogP contribution in [0, 0.1) is 12.8 Å². The zero-order valence-electron chi connectivity index (χ0n) is 11.6. The fourth-order valence-electron chi connectivity index (χ4n) is 2.19. The standard InChI is InChI=1S/C14H23N3O/c1-10(2)8-13(18)15-6-7-17-11(3)9-16-14(17)12-4-5-12/h9-10,12H,4-8H2,1-3H3,(H,15,18). The molecule has 0 radical (unpaired) electrons. The summed E-state index contributed by atoms with van der Waals surface area (Å²) in [6.45, 7) is 7.73. The van der Waals surface area contributed by atoms with Gasteiger partial charge in [0.15, 0.2) is 0 Å². The Labute approximate surface area is 109 Å². The predicted molar refractivity (Wildman–Crippen MR) is 71.4 cm³/mol. The molecule has 1 aliphatic rings. The topological polar surface area (TPSA) is 46.9 Å². The first-order valence-corrected chi connectivity index (χ1v) is 6.86.